The summed E-state index contributed by atoms with van der Waals surface area (Å²) in [6.07, 6.45) is -4.92. The van der Waals surface area contributed by atoms with Crippen LogP contribution in [0.15, 0.2) is 89.9 Å². The number of aliphatic imine (C=N–C) groups is 1. The minimum atomic E-state index is -5.18. The molecular formula is C25H20F4N2O2. The molecule has 0 aliphatic carbocycles. The van der Waals surface area contributed by atoms with Crippen LogP contribution in [0.1, 0.15) is 35.2 Å². The van der Waals surface area contributed by atoms with Gasteiger partial charge in [-0.3, -0.25) is 4.99 Å². The average molecular weight is 456 g/mol. The molecule has 4 nitrogen and oxygen atoms in total. The fourth-order valence-electron chi connectivity index (χ4n) is 3.82. The molecule has 3 aromatic rings. The average Bonchev–Trinajstić information content (AvgIpc) is 3.17. The second-order valence-corrected chi connectivity index (χ2v) is 7.55. The summed E-state index contributed by atoms with van der Waals surface area (Å²) >= 11 is 0. The molecule has 0 bridgehead atoms. The second-order valence-electron chi connectivity index (χ2n) is 7.55. The number of carbonyl (C=O) groups is 1. The van der Waals surface area contributed by atoms with E-state index in [-0.39, 0.29) is 18.7 Å². The highest BCUT2D eigenvalue weighted by Gasteiger charge is 2.47. The van der Waals surface area contributed by atoms with Gasteiger partial charge in [-0.1, -0.05) is 78.9 Å². The third kappa shape index (κ3) is 5.05. The molecule has 8 heteroatoms. The number of benzene rings is 3. The van der Waals surface area contributed by atoms with E-state index in [1.54, 1.807) is 60.7 Å². The third-order valence-corrected chi connectivity index (χ3v) is 5.36. The van der Waals surface area contributed by atoms with Crippen molar-refractivity contribution in [1.29, 1.82) is 0 Å². The number of hydroxylamine groups is 2. The molecule has 0 saturated heterocycles. The van der Waals surface area contributed by atoms with Crippen LogP contribution in [0.5, 0.6) is 0 Å². The first-order chi connectivity index (χ1) is 15.8. The molecule has 1 heterocycles. The van der Waals surface area contributed by atoms with Crippen molar-refractivity contribution in [2.75, 3.05) is 0 Å². The number of carbonyl (C=O) groups excluding carboxylic acids is 1. The topological polar surface area (TPSA) is 41.9 Å². The van der Waals surface area contributed by atoms with Crippen LogP contribution in [-0.4, -0.2) is 23.0 Å². The predicted octanol–water partition coefficient (Wildman–Crippen LogP) is 5.98. The van der Waals surface area contributed by atoms with Crippen LogP contribution >= 0.6 is 0 Å². The van der Waals surface area contributed by atoms with Gasteiger partial charge < -0.3 is 4.84 Å². The molecule has 3 aromatic carbocycles. The quantitative estimate of drug-likeness (QED) is 0.429. The minimum Gasteiger partial charge on any atom is -0.330 e. The zero-order valence-corrected chi connectivity index (χ0v) is 17.4. The number of rotatable bonds is 6. The van der Waals surface area contributed by atoms with Crippen molar-refractivity contribution in [3.05, 3.63) is 107 Å². The molecule has 0 radical (unpaired) electrons. The largest absolute Gasteiger partial charge is 0.493 e. The maximum Gasteiger partial charge on any atom is 0.493 e. The molecule has 0 spiro atoms. The molecule has 0 amide bonds. The van der Waals surface area contributed by atoms with Crippen molar-refractivity contribution < 1.29 is 27.2 Å². The zero-order valence-electron chi connectivity index (χ0n) is 17.4. The highest BCUT2D eigenvalue weighted by molar-refractivity contribution is 5.86. The van der Waals surface area contributed by atoms with E-state index in [2.05, 4.69) is 4.99 Å². The van der Waals surface area contributed by atoms with Crippen molar-refractivity contribution >= 4 is 11.8 Å². The molecule has 1 aliphatic heterocycles. The first kappa shape index (κ1) is 22.5. The van der Waals surface area contributed by atoms with Crippen LogP contribution in [0, 0.1) is 5.82 Å². The van der Waals surface area contributed by atoms with E-state index in [1.165, 1.54) is 6.07 Å². The van der Waals surface area contributed by atoms with Crippen LogP contribution < -0.4 is 0 Å². The Kier molecular flexibility index (Phi) is 6.44. The van der Waals surface area contributed by atoms with E-state index >= 15 is 0 Å². The lowest BCUT2D eigenvalue weighted by Crippen LogP contribution is -2.39. The molecule has 1 aliphatic rings. The SMILES string of the molecule is O=C(ON1C(CCc2ccccc2F)=NC(c2ccccc2)C1c1ccccc1)C(F)(F)F. The van der Waals surface area contributed by atoms with Gasteiger partial charge in [-0.05, 0) is 29.2 Å². The van der Waals surface area contributed by atoms with Crippen molar-refractivity contribution in [3.63, 3.8) is 0 Å². The van der Waals surface area contributed by atoms with Gasteiger partial charge >= 0.3 is 12.1 Å². The van der Waals surface area contributed by atoms with Gasteiger partial charge in [-0.25, -0.2) is 9.18 Å². The highest BCUT2D eigenvalue weighted by atomic mass is 19.4. The lowest BCUT2D eigenvalue weighted by Gasteiger charge is -2.29. The monoisotopic (exact) mass is 456 g/mol. The van der Waals surface area contributed by atoms with Crippen molar-refractivity contribution in [2.24, 2.45) is 4.99 Å². The summed E-state index contributed by atoms with van der Waals surface area (Å²) in [4.78, 5) is 21.3. The summed E-state index contributed by atoms with van der Waals surface area (Å²) in [6, 6.07) is 22.5. The number of hydrogen-bond donors (Lipinski definition) is 0. The number of amidine groups is 1. The van der Waals surface area contributed by atoms with Crippen molar-refractivity contribution in [1.82, 2.24) is 5.06 Å². The van der Waals surface area contributed by atoms with E-state index in [0.717, 1.165) is 10.6 Å². The van der Waals surface area contributed by atoms with Crippen LogP contribution in [-0.2, 0) is 16.1 Å². The molecule has 0 saturated carbocycles. The van der Waals surface area contributed by atoms with Gasteiger partial charge in [-0.15, -0.1) is 0 Å². The molecule has 2 unspecified atom stereocenters. The molecule has 4 rings (SSSR count). The lowest BCUT2D eigenvalue weighted by atomic mass is 9.95. The second kappa shape index (κ2) is 9.44. The van der Waals surface area contributed by atoms with Gasteiger partial charge in [-0.2, -0.15) is 18.2 Å². The zero-order chi connectivity index (χ0) is 23.4. The predicted molar refractivity (Wildman–Crippen MR) is 115 cm³/mol. The Morgan fingerprint density at radius 2 is 1.42 bits per heavy atom. The maximum absolute atomic E-state index is 14.1. The Bertz CT molecular complexity index is 1130. The first-order valence-electron chi connectivity index (χ1n) is 10.3. The summed E-state index contributed by atoms with van der Waals surface area (Å²) in [7, 11) is 0. The Labute approximate surface area is 188 Å². The van der Waals surface area contributed by atoms with E-state index < -0.39 is 30.0 Å². The fourth-order valence-corrected chi connectivity index (χ4v) is 3.82. The number of alkyl halides is 3. The van der Waals surface area contributed by atoms with E-state index in [9.17, 15) is 22.4 Å². The van der Waals surface area contributed by atoms with Crippen molar-refractivity contribution in [3.8, 4) is 0 Å². The van der Waals surface area contributed by atoms with E-state index in [4.69, 9.17) is 4.84 Å². The van der Waals surface area contributed by atoms with E-state index in [1.807, 2.05) is 18.2 Å². The Morgan fingerprint density at radius 1 is 0.848 bits per heavy atom. The smallest absolute Gasteiger partial charge is 0.330 e. The number of nitrogens with zero attached hydrogens (tertiary/aromatic N) is 2. The highest BCUT2D eigenvalue weighted by Crippen LogP contribution is 2.43. The van der Waals surface area contributed by atoms with Gasteiger partial charge in [0.05, 0.1) is 0 Å². The van der Waals surface area contributed by atoms with Crippen LogP contribution in [0.2, 0.25) is 0 Å². The molecule has 0 aromatic heterocycles. The third-order valence-electron chi connectivity index (χ3n) is 5.36. The molecular weight excluding hydrogens is 436 g/mol. The van der Waals surface area contributed by atoms with Crippen LogP contribution in [0.3, 0.4) is 0 Å². The summed E-state index contributed by atoms with van der Waals surface area (Å²) in [6.45, 7) is 0. The van der Waals surface area contributed by atoms with Crippen LogP contribution in [0.25, 0.3) is 0 Å². The number of hydrogen-bond acceptors (Lipinski definition) is 4. The summed E-state index contributed by atoms with van der Waals surface area (Å²) < 4.78 is 53.4. The summed E-state index contributed by atoms with van der Waals surface area (Å²) in [5.41, 5.74) is 1.77. The van der Waals surface area contributed by atoms with Gasteiger partial charge in [0.2, 0.25) is 0 Å². The Balaban J connectivity index is 1.73. The fraction of sp³-hybridized carbons (Fsp3) is 0.200. The van der Waals surface area contributed by atoms with E-state index in [0.29, 0.717) is 11.1 Å². The first-order valence-corrected chi connectivity index (χ1v) is 10.3. The molecule has 170 valence electrons. The normalized spacial score (nSPS) is 18.2. The summed E-state index contributed by atoms with van der Waals surface area (Å²) in [5, 5.41) is 0.934. The lowest BCUT2D eigenvalue weighted by molar-refractivity contribution is -0.230. The Morgan fingerprint density at radius 3 is 2.03 bits per heavy atom. The Hall–Kier alpha value is -3.68. The molecule has 2 atom stereocenters. The summed E-state index contributed by atoms with van der Waals surface area (Å²) in [5.74, 6) is -2.62. The minimum absolute atomic E-state index is 0.0821. The molecule has 0 N–H and O–H groups in total. The molecule has 33 heavy (non-hydrogen) atoms. The van der Waals surface area contributed by atoms with Gasteiger partial charge in [0.25, 0.3) is 0 Å². The maximum atomic E-state index is 14.1. The van der Waals surface area contributed by atoms with Gasteiger partial charge in [0.1, 0.15) is 23.7 Å². The van der Waals surface area contributed by atoms with Gasteiger partial charge in [0, 0.05) is 6.42 Å². The standard InChI is InChI=1S/C25H20F4N2O2/c26-20-14-8-7-9-17(20)15-16-21-30-22(18-10-3-1-4-11-18)23(19-12-5-2-6-13-19)31(21)33-24(32)25(27,28)29/h1-14,22-23H,15-16H2. The number of halogens is 4. The van der Waals surface area contributed by atoms with Gasteiger partial charge in [0.15, 0.2) is 0 Å². The van der Waals surface area contributed by atoms with Crippen LogP contribution in [0.4, 0.5) is 17.6 Å². The van der Waals surface area contributed by atoms with Crippen molar-refractivity contribution in [2.45, 2.75) is 31.1 Å². The number of aryl methyl sites for hydroxylation is 1. The molecule has 0 fully saturated rings.